The van der Waals surface area contributed by atoms with Crippen LogP contribution in [0.3, 0.4) is 0 Å². The van der Waals surface area contributed by atoms with Gasteiger partial charge in [0.25, 0.3) is 0 Å². The second-order valence-electron chi connectivity index (χ2n) is 12.0. The number of imide groups is 1. The van der Waals surface area contributed by atoms with E-state index in [0.29, 0.717) is 5.56 Å². The average Bonchev–Trinajstić information content (AvgIpc) is 3.42. The molecule has 18 heteroatoms. The van der Waals surface area contributed by atoms with E-state index in [1.165, 1.54) is 12.3 Å². The molecule has 1 aliphatic carbocycles. The third kappa shape index (κ3) is 7.29. The number of alkyl carbamates (subject to hydrolysis) is 1. The number of alkyl halides is 5. The maximum Gasteiger partial charge on any atom is 0.414 e. The molecule has 2 aromatic heterocycles. The van der Waals surface area contributed by atoms with Gasteiger partial charge in [-0.3, -0.25) is 9.59 Å². The number of hydrogen-bond donors (Lipinski definition) is 3. The third-order valence-corrected chi connectivity index (χ3v) is 9.08. The van der Waals surface area contributed by atoms with Gasteiger partial charge in [-0.15, -0.1) is 0 Å². The molecule has 3 heterocycles. The van der Waals surface area contributed by atoms with Gasteiger partial charge in [-0.05, 0) is 30.7 Å². The van der Waals surface area contributed by atoms with Crippen molar-refractivity contribution in [2.75, 3.05) is 6.54 Å². The first-order valence-electron chi connectivity index (χ1n) is 14.7. The molecule has 2 fully saturated rings. The largest absolute Gasteiger partial charge is 0.480 e. The molecule has 3 atom stereocenters. The van der Waals surface area contributed by atoms with E-state index in [1.54, 1.807) is 30.3 Å². The zero-order valence-corrected chi connectivity index (χ0v) is 25.7. The number of imidazole rings is 1. The fraction of sp³-hybridized carbons (Fsp3) is 0.467. The van der Waals surface area contributed by atoms with Gasteiger partial charge in [-0.25, -0.2) is 32.8 Å². The lowest BCUT2D eigenvalue weighted by molar-refractivity contribution is -0.203. The summed E-state index contributed by atoms with van der Waals surface area (Å²) in [6.07, 6.45) is -9.70. The van der Waals surface area contributed by atoms with E-state index in [4.69, 9.17) is 16.3 Å². The summed E-state index contributed by atoms with van der Waals surface area (Å²) in [5.41, 5.74) is -2.34. The second-order valence-corrected chi connectivity index (χ2v) is 12.4. The molecule has 1 aromatic carbocycles. The van der Waals surface area contributed by atoms with Gasteiger partial charge in [0.15, 0.2) is 11.1 Å². The van der Waals surface area contributed by atoms with Crippen LogP contribution in [0.25, 0.3) is 5.65 Å². The smallest absolute Gasteiger partial charge is 0.414 e. The van der Waals surface area contributed by atoms with Crippen molar-refractivity contribution < 1.29 is 56.1 Å². The standard InChI is InChI=1S/C30H29ClF5N5O7/c31-19-10-22-37-21(23(17-6-8-29(32,33)9-7-17)38-26(45)48-15-16-4-2-1-3-5-16)14-41(22)39-20(19)12-28(25(43)44)11-18(30(34,35)36)13-40(24(28)42)27(46)47/h1-5,10,14,17-18,23H,6-9,11-13,15H2,(H,38,45)(H,43,44)(H,46,47)/t18-,23-,28?/m0/s1. The number of carbonyl (C=O) groups excluding carboxylic acids is 2. The molecule has 258 valence electrons. The lowest BCUT2D eigenvalue weighted by Crippen LogP contribution is -2.60. The number of fused-ring (bicyclic) bond motifs is 1. The minimum Gasteiger partial charge on any atom is -0.480 e. The van der Waals surface area contributed by atoms with Crippen molar-refractivity contribution in [1.82, 2.24) is 24.8 Å². The van der Waals surface area contributed by atoms with Crippen LogP contribution in [-0.2, 0) is 27.4 Å². The van der Waals surface area contributed by atoms with Crippen LogP contribution in [0.2, 0.25) is 5.02 Å². The number of aliphatic carboxylic acids is 1. The highest BCUT2D eigenvalue weighted by Crippen LogP contribution is 2.45. The molecular weight excluding hydrogens is 673 g/mol. The fourth-order valence-electron chi connectivity index (χ4n) is 6.15. The third-order valence-electron chi connectivity index (χ3n) is 8.76. The highest BCUT2D eigenvalue weighted by molar-refractivity contribution is 6.31. The van der Waals surface area contributed by atoms with Gasteiger partial charge in [-0.1, -0.05) is 41.9 Å². The predicted molar refractivity (Wildman–Crippen MR) is 155 cm³/mol. The van der Waals surface area contributed by atoms with E-state index < -0.39 is 91.7 Å². The normalized spacial score (nSPS) is 22.3. The van der Waals surface area contributed by atoms with Crippen LogP contribution in [0.1, 0.15) is 55.1 Å². The Morgan fingerprint density at radius 1 is 1.12 bits per heavy atom. The SMILES string of the molecule is O=C(N[C@H](c1cn2nc(CC3(C(=O)O)C[C@H](C(F)(F)F)CN(C(=O)O)C3=O)c(Cl)cc2n1)C1CCC(F)(F)CC1)OCc1ccccc1. The predicted octanol–water partition coefficient (Wildman–Crippen LogP) is 5.88. The van der Waals surface area contributed by atoms with E-state index in [-0.39, 0.29) is 46.4 Å². The lowest BCUT2D eigenvalue weighted by Gasteiger charge is -2.41. The number of likely N-dealkylation sites (tertiary alicyclic amines) is 1. The quantitative estimate of drug-likeness (QED) is 0.192. The monoisotopic (exact) mass is 701 g/mol. The molecule has 3 amide bonds. The van der Waals surface area contributed by atoms with Crippen LogP contribution in [0.15, 0.2) is 42.6 Å². The number of nitrogens with one attached hydrogen (secondary N) is 1. The Labute approximate surface area is 273 Å². The van der Waals surface area contributed by atoms with Gasteiger partial charge in [0.2, 0.25) is 11.8 Å². The molecule has 2 aliphatic rings. The zero-order chi connectivity index (χ0) is 35.0. The number of rotatable bonds is 8. The first-order chi connectivity index (χ1) is 22.5. The second kappa shape index (κ2) is 13.2. The fourth-order valence-corrected chi connectivity index (χ4v) is 6.36. The number of halogens is 6. The van der Waals surface area contributed by atoms with Crippen molar-refractivity contribution in [3.8, 4) is 0 Å². The molecule has 1 aliphatic heterocycles. The Kier molecular flexibility index (Phi) is 9.54. The minimum atomic E-state index is -5.02. The Balaban J connectivity index is 1.47. The number of carbonyl (C=O) groups is 4. The molecule has 0 spiro atoms. The Hall–Kier alpha value is -4.54. The zero-order valence-electron chi connectivity index (χ0n) is 24.9. The average molecular weight is 702 g/mol. The van der Waals surface area contributed by atoms with E-state index in [2.05, 4.69) is 15.4 Å². The van der Waals surface area contributed by atoms with Gasteiger partial charge in [0.1, 0.15) is 6.61 Å². The van der Waals surface area contributed by atoms with Gasteiger partial charge >= 0.3 is 24.3 Å². The van der Waals surface area contributed by atoms with E-state index >= 15 is 0 Å². The van der Waals surface area contributed by atoms with Crippen molar-refractivity contribution in [1.29, 1.82) is 0 Å². The molecule has 48 heavy (non-hydrogen) atoms. The Bertz CT molecular complexity index is 1710. The van der Waals surface area contributed by atoms with Gasteiger partial charge in [0.05, 0.1) is 34.6 Å². The topological polar surface area (TPSA) is 163 Å². The van der Waals surface area contributed by atoms with Crippen LogP contribution in [0.4, 0.5) is 31.5 Å². The number of piperidine rings is 1. The first-order valence-corrected chi connectivity index (χ1v) is 15.1. The number of benzene rings is 1. The van der Waals surface area contributed by atoms with Crippen LogP contribution >= 0.6 is 11.6 Å². The number of amides is 3. The number of aromatic nitrogens is 3. The van der Waals surface area contributed by atoms with E-state index in [1.807, 2.05) is 0 Å². The molecule has 1 unspecified atom stereocenters. The summed E-state index contributed by atoms with van der Waals surface area (Å²) in [5.74, 6) is -9.43. The molecule has 3 aromatic rings. The Morgan fingerprint density at radius 3 is 2.40 bits per heavy atom. The Morgan fingerprint density at radius 2 is 1.79 bits per heavy atom. The number of hydrogen-bond acceptors (Lipinski definition) is 7. The van der Waals surface area contributed by atoms with E-state index in [9.17, 15) is 51.3 Å². The summed E-state index contributed by atoms with van der Waals surface area (Å²) < 4.78 is 75.8. The maximum absolute atomic E-state index is 14.0. The van der Waals surface area contributed by atoms with Crippen molar-refractivity contribution >= 4 is 41.3 Å². The van der Waals surface area contributed by atoms with E-state index in [0.717, 1.165) is 4.52 Å². The molecular formula is C30H29ClF5N5O7. The van der Waals surface area contributed by atoms with Gasteiger partial charge < -0.3 is 20.3 Å². The summed E-state index contributed by atoms with van der Waals surface area (Å²) >= 11 is 6.37. The molecule has 3 N–H and O–H groups in total. The molecule has 0 bridgehead atoms. The maximum atomic E-state index is 14.0. The van der Waals surface area contributed by atoms with Crippen molar-refractivity contribution in [2.24, 2.45) is 17.3 Å². The first kappa shape index (κ1) is 34.8. The lowest BCUT2D eigenvalue weighted by atomic mass is 9.71. The summed E-state index contributed by atoms with van der Waals surface area (Å²) in [4.78, 5) is 54.4. The molecule has 1 saturated heterocycles. The minimum absolute atomic E-state index is 0.0215. The number of ether oxygens (including phenoxy) is 1. The van der Waals surface area contributed by atoms with Gasteiger partial charge in [0, 0.05) is 31.9 Å². The summed E-state index contributed by atoms with van der Waals surface area (Å²) in [6, 6.07) is 9.02. The molecule has 5 rings (SSSR count). The van der Waals surface area contributed by atoms with Crippen LogP contribution in [-0.4, -0.2) is 72.4 Å². The van der Waals surface area contributed by atoms with Crippen molar-refractivity contribution in [2.45, 2.75) is 63.3 Å². The van der Waals surface area contributed by atoms with Gasteiger partial charge in [-0.2, -0.15) is 18.3 Å². The highest BCUT2D eigenvalue weighted by atomic mass is 35.5. The summed E-state index contributed by atoms with van der Waals surface area (Å²) in [7, 11) is 0. The molecule has 0 radical (unpaired) electrons. The number of carboxylic acid groups (broad SMARTS) is 2. The number of nitrogens with zero attached hydrogens (tertiary/aromatic N) is 4. The number of carboxylic acids is 1. The molecule has 12 nitrogen and oxygen atoms in total. The van der Waals surface area contributed by atoms with Crippen molar-refractivity contribution in [3.05, 3.63) is 64.6 Å². The van der Waals surface area contributed by atoms with Crippen LogP contribution in [0, 0.1) is 17.3 Å². The van der Waals surface area contributed by atoms with Crippen LogP contribution < -0.4 is 5.32 Å². The highest BCUT2D eigenvalue weighted by Gasteiger charge is 2.60. The van der Waals surface area contributed by atoms with Crippen LogP contribution in [0.5, 0.6) is 0 Å². The summed E-state index contributed by atoms with van der Waals surface area (Å²) in [6.45, 7) is -1.35. The molecule has 1 saturated carbocycles. The van der Waals surface area contributed by atoms with Crippen molar-refractivity contribution in [3.63, 3.8) is 0 Å². The summed E-state index contributed by atoms with van der Waals surface area (Å²) in [5, 5.41) is 26.1.